The fourth-order valence-electron chi connectivity index (χ4n) is 5.45. The van der Waals surface area contributed by atoms with Crippen LogP contribution in [0, 0.1) is 5.92 Å². The highest BCUT2D eigenvalue weighted by Crippen LogP contribution is 2.31. The molecule has 9 nitrogen and oxygen atoms in total. The molecule has 4 aromatic heterocycles. The number of hydrogen-bond donors (Lipinski definition) is 2. The van der Waals surface area contributed by atoms with Crippen molar-refractivity contribution in [3.8, 4) is 11.3 Å². The number of morpholine rings is 1. The van der Waals surface area contributed by atoms with Gasteiger partial charge >= 0.3 is 0 Å². The molecule has 0 bridgehead atoms. The van der Waals surface area contributed by atoms with Gasteiger partial charge in [-0.2, -0.15) is 9.61 Å². The average Bonchev–Trinajstić information content (AvgIpc) is 3.50. The van der Waals surface area contributed by atoms with Crippen LogP contribution in [0.1, 0.15) is 32.4 Å². The van der Waals surface area contributed by atoms with Gasteiger partial charge in [-0.15, -0.1) is 0 Å². The Labute approximate surface area is 204 Å². The van der Waals surface area contributed by atoms with Crippen molar-refractivity contribution in [3.05, 3.63) is 42.4 Å². The van der Waals surface area contributed by atoms with Crippen LogP contribution in [0.15, 0.2) is 36.7 Å². The van der Waals surface area contributed by atoms with Gasteiger partial charge in [0.15, 0.2) is 5.65 Å². The summed E-state index contributed by atoms with van der Waals surface area (Å²) in [6, 6.07) is 8.34. The Kier molecular flexibility index (Phi) is 5.70. The molecule has 4 aromatic rings. The first kappa shape index (κ1) is 22.5. The van der Waals surface area contributed by atoms with Gasteiger partial charge < -0.3 is 19.7 Å². The second-order valence-electron chi connectivity index (χ2n) is 10.3. The van der Waals surface area contributed by atoms with E-state index in [-0.39, 0.29) is 0 Å². The zero-order chi connectivity index (χ0) is 24.0. The third kappa shape index (κ3) is 4.39. The molecule has 0 saturated carbocycles. The molecule has 2 N–H and O–H groups in total. The molecule has 0 spiro atoms. The van der Waals surface area contributed by atoms with Crippen LogP contribution >= 0.6 is 0 Å². The zero-order valence-corrected chi connectivity index (χ0v) is 20.4. The maximum atomic E-state index is 10.4. The summed E-state index contributed by atoms with van der Waals surface area (Å²) in [4.78, 5) is 17.5. The Bertz CT molecular complexity index is 1320. The minimum Gasteiger partial charge on any atom is -0.390 e. The topological polar surface area (TPSA) is 94.8 Å². The molecule has 0 amide bonds. The fourth-order valence-corrected chi connectivity index (χ4v) is 5.45. The third-order valence-corrected chi connectivity index (χ3v) is 7.50. The summed E-state index contributed by atoms with van der Waals surface area (Å²) in [5.74, 6) is 1.39. The van der Waals surface area contributed by atoms with Gasteiger partial charge in [-0.3, -0.25) is 4.90 Å². The number of piperidine rings is 1. The second-order valence-corrected chi connectivity index (χ2v) is 10.3. The van der Waals surface area contributed by atoms with E-state index in [0.29, 0.717) is 19.1 Å². The number of fused-ring (bicyclic) bond motifs is 2. The number of aliphatic hydroxyl groups is 1. The number of nitrogens with one attached hydrogen (secondary N) is 1. The van der Waals surface area contributed by atoms with Crippen molar-refractivity contribution in [1.29, 1.82) is 0 Å². The summed E-state index contributed by atoms with van der Waals surface area (Å²) in [7, 11) is 0. The smallest absolute Gasteiger partial charge is 0.158 e. The molecule has 184 valence electrons. The number of anilines is 1. The van der Waals surface area contributed by atoms with Crippen LogP contribution < -0.4 is 4.90 Å². The number of rotatable bonds is 5. The summed E-state index contributed by atoms with van der Waals surface area (Å²) < 4.78 is 7.60. The van der Waals surface area contributed by atoms with Crippen LogP contribution in [0.4, 0.5) is 5.82 Å². The number of pyridine rings is 1. The first-order valence-electron chi connectivity index (χ1n) is 12.6. The van der Waals surface area contributed by atoms with E-state index >= 15 is 0 Å². The molecule has 35 heavy (non-hydrogen) atoms. The van der Waals surface area contributed by atoms with E-state index in [1.54, 1.807) is 0 Å². The van der Waals surface area contributed by atoms with Gasteiger partial charge in [0, 0.05) is 55.1 Å². The number of aromatic amines is 1. The van der Waals surface area contributed by atoms with E-state index in [1.807, 2.05) is 36.8 Å². The minimum absolute atomic E-state index is 0.350. The van der Waals surface area contributed by atoms with Gasteiger partial charge in [0.1, 0.15) is 11.5 Å². The van der Waals surface area contributed by atoms with Crippen molar-refractivity contribution >= 4 is 22.5 Å². The number of hydrogen-bond acceptors (Lipinski definition) is 7. The van der Waals surface area contributed by atoms with Crippen molar-refractivity contribution in [3.63, 3.8) is 0 Å². The number of ether oxygens (including phenoxy) is 1. The SMILES string of the molecule is CC(C)(O)C1CCN(Cc2cc3nc(-c4ccnc5[nH]ccc45)cc(N4CCOCC4)n3n2)CC1. The summed E-state index contributed by atoms with van der Waals surface area (Å²) in [5.41, 5.74) is 4.10. The highest BCUT2D eigenvalue weighted by molar-refractivity contribution is 5.92. The van der Waals surface area contributed by atoms with E-state index in [4.69, 9.17) is 14.8 Å². The predicted molar refractivity (Wildman–Crippen MR) is 135 cm³/mol. The number of likely N-dealkylation sites (tertiary alicyclic amines) is 1. The first-order valence-corrected chi connectivity index (χ1v) is 12.6. The Morgan fingerprint density at radius 2 is 1.91 bits per heavy atom. The highest BCUT2D eigenvalue weighted by atomic mass is 16.5. The van der Waals surface area contributed by atoms with Gasteiger partial charge in [-0.1, -0.05) is 0 Å². The number of H-pyrrole nitrogens is 1. The summed E-state index contributed by atoms with van der Waals surface area (Å²) in [6.07, 6.45) is 5.76. The number of nitrogens with zero attached hydrogens (tertiary/aromatic N) is 6. The second kappa shape index (κ2) is 8.89. The Morgan fingerprint density at radius 3 is 2.69 bits per heavy atom. The molecule has 2 saturated heterocycles. The molecule has 0 aromatic carbocycles. The van der Waals surface area contributed by atoms with Crippen molar-refractivity contribution in [2.24, 2.45) is 5.92 Å². The predicted octanol–water partition coefficient (Wildman–Crippen LogP) is 3.09. The van der Waals surface area contributed by atoms with Gasteiger partial charge in [0.05, 0.1) is 30.2 Å². The molecule has 9 heteroatoms. The minimum atomic E-state index is -0.611. The van der Waals surface area contributed by atoms with Crippen LogP contribution in [0.25, 0.3) is 27.9 Å². The zero-order valence-electron chi connectivity index (χ0n) is 20.4. The van der Waals surface area contributed by atoms with Crippen LogP contribution in [0.3, 0.4) is 0 Å². The van der Waals surface area contributed by atoms with Crippen LogP contribution in [0.5, 0.6) is 0 Å². The summed E-state index contributed by atoms with van der Waals surface area (Å²) in [6.45, 7) is 9.66. The van der Waals surface area contributed by atoms with E-state index in [1.165, 1.54) is 0 Å². The quantitative estimate of drug-likeness (QED) is 0.458. The first-order chi connectivity index (χ1) is 17.0. The molecular weight excluding hydrogens is 442 g/mol. The molecule has 2 aliphatic heterocycles. The molecule has 6 rings (SSSR count). The summed E-state index contributed by atoms with van der Waals surface area (Å²) >= 11 is 0. The van der Waals surface area contributed by atoms with Crippen LogP contribution in [-0.4, -0.2) is 79.6 Å². The number of aromatic nitrogens is 5. The monoisotopic (exact) mass is 475 g/mol. The Hall–Kier alpha value is -3.01. The lowest BCUT2D eigenvalue weighted by molar-refractivity contribution is -0.0137. The molecule has 0 unspecified atom stereocenters. The van der Waals surface area contributed by atoms with E-state index in [2.05, 4.69) is 38.0 Å². The lowest BCUT2D eigenvalue weighted by Crippen LogP contribution is -2.41. The molecule has 6 heterocycles. The van der Waals surface area contributed by atoms with Gasteiger partial charge in [0.25, 0.3) is 0 Å². The molecule has 0 aliphatic carbocycles. The van der Waals surface area contributed by atoms with Crippen LogP contribution in [0.2, 0.25) is 0 Å². The van der Waals surface area contributed by atoms with Gasteiger partial charge in [0.2, 0.25) is 0 Å². The van der Waals surface area contributed by atoms with Crippen molar-refractivity contribution in [1.82, 2.24) is 29.5 Å². The maximum absolute atomic E-state index is 10.4. The van der Waals surface area contributed by atoms with Crippen LogP contribution in [-0.2, 0) is 11.3 Å². The standard InChI is InChI=1S/C26H33N7O2/c1-26(2,34)18-5-9-31(10-6-18)17-19-15-23-29-22(20-3-7-27-25-21(20)4-8-28-25)16-24(33(23)30-19)32-11-13-35-14-12-32/h3-4,7-8,15-16,18,34H,5-6,9-14,17H2,1-2H3,(H,27,28). The average molecular weight is 476 g/mol. The summed E-state index contributed by atoms with van der Waals surface area (Å²) in [5, 5.41) is 16.4. The lowest BCUT2D eigenvalue weighted by atomic mass is 9.83. The van der Waals surface area contributed by atoms with Gasteiger partial charge in [-0.05, 0) is 57.8 Å². The molecule has 0 atom stereocenters. The normalized spacial score (nSPS) is 18.7. The van der Waals surface area contributed by atoms with E-state index in [9.17, 15) is 5.11 Å². The largest absolute Gasteiger partial charge is 0.390 e. The lowest BCUT2D eigenvalue weighted by Gasteiger charge is -2.37. The molecule has 2 aliphatic rings. The van der Waals surface area contributed by atoms with Crippen molar-refractivity contribution in [2.45, 2.75) is 38.8 Å². The molecule has 0 radical (unpaired) electrons. The maximum Gasteiger partial charge on any atom is 0.158 e. The van der Waals surface area contributed by atoms with Crippen molar-refractivity contribution < 1.29 is 9.84 Å². The van der Waals surface area contributed by atoms with E-state index < -0.39 is 5.60 Å². The van der Waals surface area contributed by atoms with Gasteiger partial charge in [-0.25, -0.2) is 9.97 Å². The highest BCUT2D eigenvalue weighted by Gasteiger charge is 2.30. The fraction of sp³-hybridized carbons (Fsp3) is 0.500. The Balaban J connectivity index is 1.35. The van der Waals surface area contributed by atoms with E-state index in [0.717, 1.165) is 85.0 Å². The van der Waals surface area contributed by atoms with Crippen molar-refractivity contribution in [2.75, 3.05) is 44.3 Å². The molecular formula is C26H33N7O2. The third-order valence-electron chi connectivity index (χ3n) is 7.50. The molecule has 2 fully saturated rings. The Morgan fingerprint density at radius 1 is 1.11 bits per heavy atom.